The molecule has 1 aromatic heterocycles. The van der Waals surface area contributed by atoms with E-state index in [1.807, 2.05) is 39.0 Å². The molecule has 164 valence electrons. The zero-order valence-corrected chi connectivity index (χ0v) is 17.9. The zero-order valence-electron chi connectivity index (χ0n) is 17.9. The summed E-state index contributed by atoms with van der Waals surface area (Å²) >= 11 is 0. The van der Waals surface area contributed by atoms with Gasteiger partial charge in [0.15, 0.2) is 11.3 Å². The van der Waals surface area contributed by atoms with Crippen molar-refractivity contribution >= 4 is 11.0 Å². The van der Waals surface area contributed by atoms with Gasteiger partial charge in [0.25, 0.3) is 0 Å². The minimum absolute atomic E-state index is 0.0358. The van der Waals surface area contributed by atoms with Gasteiger partial charge < -0.3 is 9.26 Å². The van der Waals surface area contributed by atoms with Crippen LogP contribution in [0, 0.1) is 11.3 Å². The summed E-state index contributed by atoms with van der Waals surface area (Å²) in [5.74, 6) is 1.05. The monoisotopic (exact) mass is 430 g/mol. The highest BCUT2D eigenvalue weighted by molar-refractivity contribution is 5.86. The minimum Gasteiger partial charge on any atom is -0.456 e. The predicted octanol–water partition coefficient (Wildman–Crippen LogP) is 7.17. The lowest BCUT2D eigenvalue weighted by atomic mass is 9.97. The van der Waals surface area contributed by atoms with Crippen LogP contribution in [0.4, 0.5) is 13.2 Å². The Labute approximate surface area is 179 Å². The summed E-state index contributed by atoms with van der Waals surface area (Å²) < 4.78 is 52.0. The van der Waals surface area contributed by atoms with Gasteiger partial charge in [0.05, 0.1) is 17.9 Å². The smallest absolute Gasteiger partial charge is 0.437 e. The van der Waals surface area contributed by atoms with Crippen LogP contribution in [0.25, 0.3) is 11.0 Å². The van der Waals surface area contributed by atoms with Crippen molar-refractivity contribution in [2.24, 2.45) is 0 Å². The van der Waals surface area contributed by atoms with Gasteiger partial charge in [-0.25, -0.2) is 0 Å². The molecule has 0 amide bonds. The van der Waals surface area contributed by atoms with Crippen molar-refractivity contribution < 1.29 is 22.4 Å². The van der Waals surface area contributed by atoms with Crippen LogP contribution in [0.2, 0.25) is 0 Å². The molecule has 3 aromatic rings. The molecule has 0 N–H and O–H groups in total. The average Bonchev–Trinajstić information content (AvgIpc) is 3.16. The van der Waals surface area contributed by atoms with Crippen molar-refractivity contribution in [3.8, 4) is 17.6 Å². The summed E-state index contributed by atoms with van der Waals surface area (Å²) in [6.45, 7) is 5.93. The number of aromatic nitrogens is 1. The summed E-state index contributed by atoms with van der Waals surface area (Å²) in [5.41, 5.74) is 2.14. The van der Waals surface area contributed by atoms with E-state index in [-0.39, 0.29) is 17.4 Å². The fraction of sp³-hybridized carbons (Fsp3) is 0.417. The van der Waals surface area contributed by atoms with Crippen LogP contribution >= 0.6 is 0 Å². The van der Waals surface area contributed by atoms with Crippen LogP contribution in [0.5, 0.6) is 11.5 Å². The Bertz CT molecular complexity index is 1110. The fourth-order valence-corrected chi connectivity index (χ4v) is 3.70. The molecule has 0 aliphatic heterocycles. The van der Waals surface area contributed by atoms with Crippen molar-refractivity contribution in [3.63, 3.8) is 0 Å². The van der Waals surface area contributed by atoms with Gasteiger partial charge in [-0.3, -0.25) is 0 Å². The summed E-state index contributed by atoms with van der Waals surface area (Å²) in [7, 11) is 0. The second-order valence-electron chi connectivity index (χ2n) is 7.48. The molecule has 3 rings (SSSR count). The zero-order chi connectivity index (χ0) is 22.6. The molecule has 0 aliphatic carbocycles. The molecule has 7 heteroatoms. The van der Waals surface area contributed by atoms with Crippen LogP contribution < -0.4 is 4.74 Å². The first-order chi connectivity index (χ1) is 14.8. The standard InChI is InChI=1S/C24H25F3N2O2/c1-4-7-17-14-19-22(31-29-23(19)24(25,26)27)18(8-5-2)21(17)30-20-13-15(6-3)9-10-16(20)11-12-28/h9-10,13-14H,4-8,11H2,1-3H3. The molecule has 0 unspecified atom stereocenters. The Morgan fingerprint density at radius 1 is 1.06 bits per heavy atom. The maximum atomic E-state index is 13.5. The first-order valence-electron chi connectivity index (χ1n) is 10.5. The van der Waals surface area contributed by atoms with Crippen molar-refractivity contribution in [3.05, 3.63) is 52.2 Å². The Morgan fingerprint density at radius 2 is 1.81 bits per heavy atom. The molecule has 0 saturated carbocycles. The first kappa shape index (κ1) is 22.7. The summed E-state index contributed by atoms with van der Waals surface area (Å²) in [4.78, 5) is 0. The van der Waals surface area contributed by atoms with Gasteiger partial charge in [0.1, 0.15) is 11.5 Å². The Balaban J connectivity index is 2.25. The number of hydrogen-bond donors (Lipinski definition) is 0. The van der Waals surface area contributed by atoms with Crippen LogP contribution in [0.3, 0.4) is 0 Å². The van der Waals surface area contributed by atoms with Gasteiger partial charge in [0, 0.05) is 11.1 Å². The van der Waals surface area contributed by atoms with Crippen LogP contribution in [-0.4, -0.2) is 5.16 Å². The molecule has 0 radical (unpaired) electrons. The Morgan fingerprint density at radius 3 is 2.42 bits per heavy atom. The third-order valence-electron chi connectivity index (χ3n) is 5.20. The molecule has 0 aliphatic rings. The summed E-state index contributed by atoms with van der Waals surface area (Å²) in [5, 5.41) is 12.5. The third-order valence-corrected chi connectivity index (χ3v) is 5.20. The Kier molecular flexibility index (Phi) is 6.89. The topological polar surface area (TPSA) is 59.1 Å². The maximum Gasteiger partial charge on any atom is 0.437 e. The van der Waals surface area contributed by atoms with E-state index in [4.69, 9.17) is 9.26 Å². The average molecular weight is 430 g/mol. The number of hydrogen-bond acceptors (Lipinski definition) is 4. The van der Waals surface area contributed by atoms with Gasteiger partial charge >= 0.3 is 6.18 Å². The first-order valence-corrected chi connectivity index (χ1v) is 10.5. The van der Waals surface area contributed by atoms with E-state index in [1.165, 1.54) is 6.07 Å². The Hall–Kier alpha value is -3.01. The lowest BCUT2D eigenvalue weighted by Crippen LogP contribution is -2.06. The van der Waals surface area contributed by atoms with Crippen molar-refractivity contribution in [1.82, 2.24) is 5.16 Å². The van der Waals surface area contributed by atoms with Gasteiger partial charge in [-0.15, -0.1) is 0 Å². The molecule has 0 fully saturated rings. The predicted molar refractivity (Wildman–Crippen MR) is 112 cm³/mol. The van der Waals surface area contributed by atoms with Gasteiger partial charge in [-0.1, -0.05) is 50.9 Å². The van der Waals surface area contributed by atoms with E-state index in [0.717, 1.165) is 24.0 Å². The van der Waals surface area contributed by atoms with E-state index in [0.29, 0.717) is 41.9 Å². The van der Waals surface area contributed by atoms with E-state index in [9.17, 15) is 18.4 Å². The molecule has 1 heterocycles. The second kappa shape index (κ2) is 9.42. The van der Waals surface area contributed by atoms with E-state index in [1.54, 1.807) is 0 Å². The molecule has 2 aromatic carbocycles. The number of alkyl halides is 3. The molecule has 0 atom stereocenters. The van der Waals surface area contributed by atoms with Crippen LogP contribution in [0.1, 0.15) is 61.6 Å². The molecule has 0 bridgehead atoms. The number of nitrogens with zero attached hydrogens (tertiary/aromatic N) is 2. The van der Waals surface area contributed by atoms with E-state index < -0.39 is 11.9 Å². The third kappa shape index (κ3) is 4.68. The fourth-order valence-electron chi connectivity index (χ4n) is 3.70. The molecule has 0 saturated heterocycles. The molecule has 4 nitrogen and oxygen atoms in total. The number of halogens is 3. The van der Waals surface area contributed by atoms with Gasteiger partial charge in [-0.2, -0.15) is 18.4 Å². The van der Waals surface area contributed by atoms with E-state index in [2.05, 4.69) is 11.2 Å². The van der Waals surface area contributed by atoms with Crippen LogP contribution in [-0.2, 0) is 31.9 Å². The summed E-state index contributed by atoms with van der Waals surface area (Å²) in [6.07, 6.45) is -1.17. The van der Waals surface area contributed by atoms with E-state index >= 15 is 0 Å². The quantitative estimate of drug-likeness (QED) is 0.380. The van der Waals surface area contributed by atoms with Crippen molar-refractivity contribution in [1.29, 1.82) is 5.26 Å². The highest BCUT2D eigenvalue weighted by atomic mass is 19.4. The van der Waals surface area contributed by atoms with Crippen LogP contribution in [0.15, 0.2) is 28.8 Å². The lowest BCUT2D eigenvalue weighted by molar-refractivity contribution is -0.141. The van der Waals surface area contributed by atoms with Crippen molar-refractivity contribution in [2.75, 3.05) is 0 Å². The number of fused-ring (bicyclic) bond motifs is 1. The number of rotatable bonds is 8. The van der Waals surface area contributed by atoms with Crippen molar-refractivity contribution in [2.45, 2.75) is 65.5 Å². The maximum absolute atomic E-state index is 13.5. The normalized spacial score (nSPS) is 11.6. The molecule has 0 spiro atoms. The largest absolute Gasteiger partial charge is 0.456 e. The minimum atomic E-state index is -4.60. The van der Waals surface area contributed by atoms with Gasteiger partial charge in [-0.05, 0) is 42.5 Å². The molecular weight excluding hydrogens is 405 g/mol. The lowest BCUT2D eigenvalue weighted by Gasteiger charge is -2.18. The number of ether oxygens (including phenoxy) is 1. The second-order valence-corrected chi connectivity index (χ2v) is 7.48. The highest BCUT2D eigenvalue weighted by Crippen LogP contribution is 2.42. The summed E-state index contributed by atoms with van der Waals surface area (Å²) in [6, 6.07) is 9.34. The number of benzene rings is 2. The SMILES string of the molecule is CCCc1cc2c(C(F)(F)F)noc2c(CCC)c1Oc1cc(CC)ccc1CC#N. The number of aryl methyl sites for hydroxylation is 3. The highest BCUT2D eigenvalue weighted by Gasteiger charge is 2.38. The molecule has 31 heavy (non-hydrogen) atoms. The molecular formula is C24H25F3N2O2. The van der Waals surface area contributed by atoms with Gasteiger partial charge in [0.2, 0.25) is 0 Å². The number of nitriles is 1.